The number of nitrogens with zero attached hydrogens (tertiary/aromatic N) is 3. The number of aliphatic imine (C=N–C) groups is 2. The SMILES string of the molecule is CC1CCCC(C)N1C(N)=NC(N)=Nc1ccc(F)c(C(F)(F)F)c1. The highest BCUT2D eigenvalue weighted by Gasteiger charge is 2.34. The van der Waals surface area contributed by atoms with Gasteiger partial charge in [0.15, 0.2) is 5.96 Å². The van der Waals surface area contributed by atoms with Crippen LogP contribution in [0.4, 0.5) is 23.2 Å². The molecule has 5 nitrogen and oxygen atoms in total. The lowest BCUT2D eigenvalue weighted by atomic mass is 9.98. The molecule has 0 saturated carbocycles. The molecule has 1 saturated heterocycles. The Bertz CT molecular complexity index is 674. The Morgan fingerprint density at radius 1 is 1.16 bits per heavy atom. The fourth-order valence-electron chi connectivity index (χ4n) is 3.01. The molecule has 2 unspecified atom stereocenters. The van der Waals surface area contributed by atoms with E-state index in [1.54, 1.807) is 0 Å². The summed E-state index contributed by atoms with van der Waals surface area (Å²) in [7, 11) is 0. The van der Waals surface area contributed by atoms with Crippen LogP contribution in [0.3, 0.4) is 0 Å². The summed E-state index contributed by atoms with van der Waals surface area (Å²) in [5, 5.41) is 0. The van der Waals surface area contributed by atoms with E-state index in [9.17, 15) is 17.6 Å². The zero-order valence-electron chi connectivity index (χ0n) is 14.0. The Hall–Kier alpha value is -2.32. The Balaban J connectivity index is 2.26. The molecule has 1 aliphatic rings. The largest absolute Gasteiger partial charge is 0.419 e. The lowest BCUT2D eigenvalue weighted by Gasteiger charge is -2.39. The van der Waals surface area contributed by atoms with Crippen molar-refractivity contribution < 1.29 is 17.6 Å². The summed E-state index contributed by atoms with van der Waals surface area (Å²) in [5.41, 5.74) is 10.1. The topological polar surface area (TPSA) is 80.0 Å². The van der Waals surface area contributed by atoms with Gasteiger partial charge in [-0.2, -0.15) is 18.2 Å². The molecule has 1 aliphatic heterocycles. The highest BCUT2D eigenvalue weighted by atomic mass is 19.4. The normalized spacial score (nSPS) is 23.0. The molecule has 9 heteroatoms. The fourth-order valence-corrected chi connectivity index (χ4v) is 3.01. The molecule has 1 heterocycles. The Labute approximate surface area is 143 Å². The summed E-state index contributed by atoms with van der Waals surface area (Å²) < 4.78 is 51.5. The third-order valence-electron chi connectivity index (χ3n) is 4.19. The van der Waals surface area contributed by atoms with Gasteiger partial charge in [0, 0.05) is 12.1 Å². The summed E-state index contributed by atoms with van der Waals surface area (Å²) in [4.78, 5) is 9.69. The van der Waals surface area contributed by atoms with Crippen molar-refractivity contribution >= 4 is 17.6 Å². The lowest BCUT2D eigenvalue weighted by molar-refractivity contribution is -0.139. The van der Waals surface area contributed by atoms with Crippen LogP contribution in [0, 0.1) is 5.82 Å². The third kappa shape index (κ3) is 4.61. The number of benzene rings is 1. The second-order valence-corrected chi connectivity index (χ2v) is 6.14. The number of hydrogen-bond donors (Lipinski definition) is 2. The maximum absolute atomic E-state index is 13.3. The molecule has 4 N–H and O–H groups in total. The molecule has 0 radical (unpaired) electrons. The van der Waals surface area contributed by atoms with Gasteiger partial charge in [-0.05, 0) is 51.3 Å². The highest BCUT2D eigenvalue weighted by molar-refractivity contribution is 5.94. The van der Waals surface area contributed by atoms with E-state index < -0.39 is 17.6 Å². The van der Waals surface area contributed by atoms with E-state index in [0.29, 0.717) is 12.1 Å². The lowest BCUT2D eigenvalue weighted by Crippen LogP contribution is -2.51. The maximum Gasteiger partial charge on any atom is 0.419 e. The average Bonchev–Trinajstić information content (AvgIpc) is 2.47. The van der Waals surface area contributed by atoms with Gasteiger partial charge < -0.3 is 16.4 Å². The van der Waals surface area contributed by atoms with E-state index in [1.807, 2.05) is 18.7 Å². The van der Waals surface area contributed by atoms with Crippen molar-refractivity contribution in [2.75, 3.05) is 0 Å². The molecule has 1 aromatic carbocycles. The molecular formula is C16H21F4N5. The predicted octanol–water partition coefficient (Wildman–Crippen LogP) is 3.37. The van der Waals surface area contributed by atoms with Crippen molar-refractivity contribution in [2.45, 2.75) is 51.4 Å². The molecule has 0 bridgehead atoms. The smallest absolute Gasteiger partial charge is 0.369 e. The molecule has 1 fully saturated rings. The zero-order valence-corrected chi connectivity index (χ0v) is 14.0. The summed E-state index contributed by atoms with van der Waals surface area (Å²) in [6, 6.07) is 2.73. The van der Waals surface area contributed by atoms with Gasteiger partial charge in [-0.3, -0.25) is 0 Å². The van der Waals surface area contributed by atoms with E-state index >= 15 is 0 Å². The zero-order chi connectivity index (χ0) is 18.8. The maximum atomic E-state index is 13.3. The number of piperidine rings is 1. The molecule has 0 aliphatic carbocycles. The van der Waals surface area contributed by atoms with Gasteiger partial charge in [-0.1, -0.05) is 0 Å². The molecule has 2 rings (SSSR count). The minimum Gasteiger partial charge on any atom is -0.369 e. The van der Waals surface area contributed by atoms with E-state index in [2.05, 4.69) is 9.98 Å². The van der Waals surface area contributed by atoms with Crippen LogP contribution in [-0.2, 0) is 6.18 Å². The van der Waals surface area contributed by atoms with Gasteiger partial charge in [0.05, 0.1) is 11.3 Å². The molecule has 0 spiro atoms. The van der Waals surface area contributed by atoms with Crippen LogP contribution in [0.25, 0.3) is 0 Å². The van der Waals surface area contributed by atoms with Gasteiger partial charge in [0.25, 0.3) is 0 Å². The van der Waals surface area contributed by atoms with Gasteiger partial charge in [0.2, 0.25) is 5.96 Å². The van der Waals surface area contributed by atoms with E-state index in [1.165, 1.54) is 0 Å². The first-order valence-electron chi connectivity index (χ1n) is 7.93. The van der Waals surface area contributed by atoms with Crippen LogP contribution < -0.4 is 11.5 Å². The van der Waals surface area contributed by atoms with Gasteiger partial charge in [-0.25, -0.2) is 9.38 Å². The van der Waals surface area contributed by atoms with Gasteiger partial charge in [-0.15, -0.1) is 0 Å². The number of hydrogen-bond acceptors (Lipinski definition) is 1. The summed E-state index contributed by atoms with van der Waals surface area (Å²) in [6.07, 6.45) is -1.80. The van der Waals surface area contributed by atoms with Crippen LogP contribution >= 0.6 is 0 Å². The summed E-state index contributed by atoms with van der Waals surface area (Å²) in [6.45, 7) is 4.03. The first-order valence-corrected chi connectivity index (χ1v) is 7.93. The molecule has 0 amide bonds. The van der Waals surface area contributed by atoms with Crippen LogP contribution in [0.2, 0.25) is 0 Å². The quantitative estimate of drug-likeness (QED) is 0.458. The molecule has 2 atom stereocenters. The van der Waals surface area contributed by atoms with E-state index in [0.717, 1.165) is 25.3 Å². The summed E-state index contributed by atoms with van der Waals surface area (Å²) >= 11 is 0. The Morgan fingerprint density at radius 2 is 1.76 bits per heavy atom. The number of alkyl halides is 3. The highest BCUT2D eigenvalue weighted by Crippen LogP contribution is 2.33. The molecule has 1 aromatic rings. The monoisotopic (exact) mass is 359 g/mol. The Kier molecular flexibility index (Phi) is 5.54. The minimum atomic E-state index is -4.81. The molecule has 25 heavy (non-hydrogen) atoms. The average molecular weight is 359 g/mol. The van der Waals surface area contributed by atoms with Crippen molar-refractivity contribution in [1.82, 2.24) is 4.90 Å². The number of guanidine groups is 2. The van der Waals surface area contributed by atoms with E-state index in [4.69, 9.17) is 11.5 Å². The van der Waals surface area contributed by atoms with E-state index in [-0.39, 0.29) is 29.7 Å². The van der Waals surface area contributed by atoms with Crippen LogP contribution in [-0.4, -0.2) is 28.9 Å². The standard InChI is InChI=1S/C16H21F4N5/c1-9-4-3-5-10(2)25(9)15(22)24-14(21)23-11-6-7-13(17)12(8-11)16(18,19)20/h6-10H,3-5H2,1-2H3,(H4,21,22,23,24). The first-order chi connectivity index (χ1) is 11.6. The number of halogens is 4. The number of likely N-dealkylation sites (tertiary alicyclic amines) is 1. The van der Waals surface area contributed by atoms with Gasteiger partial charge in [0.1, 0.15) is 5.82 Å². The molecule has 0 aromatic heterocycles. The summed E-state index contributed by atoms with van der Waals surface area (Å²) in [5.74, 6) is -1.50. The second-order valence-electron chi connectivity index (χ2n) is 6.14. The van der Waals surface area contributed by atoms with Crippen molar-refractivity contribution in [3.63, 3.8) is 0 Å². The van der Waals surface area contributed by atoms with Gasteiger partial charge >= 0.3 is 6.18 Å². The van der Waals surface area contributed by atoms with Crippen LogP contribution in [0.15, 0.2) is 28.2 Å². The minimum absolute atomic E-state index is 0.150. The van der Waals surface area contributed by atoms with Crippen molar-refractivity contribution in [2.24, 2.45) is 21.5 Å². The molecule has 138 valence electrons. The third-order valence-corrected chi connectivity index (χ3v) is 4.19. The van der Waals surface area contributed by atoms with Crippen molar-refractivity contribution in [3.8, 4) is 0 Å². The predicted molar refractivity (Wildman–Crippen MR) is 88.9 cm³/mol. The first kappa shape index (κ1) is 19.0. The van der Waals surface area contributed by atoms with Crippen LogP contribution in [0.5, 0.6) is 0 Å². The van der Waals surface area contributed by atoms with Crippen molar-refractivity contribution in [1.29, 1.82) is 0 Å². The number of nitrogens with two attached hydrogens (primary N) is 2. The fraction of sp³-hybridized carbons (Fsp3) is 0.500. The van der Waals surface area contributed by atoms with Crippen LogP contribution in [0.1, 0.15) is 38.7 Å². The van der Waals surface area contributed by atoms with Crippen molar-refractivity contribution in [3.05, 3.63) is 29.6 Å². The Morgan fingerprint density at radius 3 is 2.32 bits per heavy atom. The number of rotatable bonds is 1. The molecular weight excluding hydrogens is 338 g/mol. The second kappa shape index (κ2) is 7.28.